The molecule has 0 bridgehead atoms. The minimum atomic E-state index is -2.20. The zero-order valence-corrected chi connectivity index (χ0v) is 15.0. The van der Waals surface area contributed by atoms with Gasteiger partial charge in [-0.3, -0.25) is 4.79 Å². The molecule has 13 heteroatoms. The Bertz CT molecular complexity index is 353. The van der Waals surface area contributed by atoms with Crippen molar-refractivity contribution in [3.8, 4) is 0 Å². The second-order valence-electron chi connectivity index (χ2n) is 4.74. The Hall–Kier alpha value is -0.301. The third-order valence-corrected chi connectivity index (χ3v) is 2.79. The van der Waals surface area contributed by atoms with Gasteiger partial charge in [0.1, 0.15) is 24.4 Å². The van der Waals surface area contributed by atoms with Gasteiger partial charge >= 0.3 is 11.9 Å². The Morgan fingerprint density at radius 3 is 1.68 bits per heavy atom. The van der Waals surface area contributed by atoms with Gasteiger partial charge in [-0.1, -0.05) is 6.42 Å². The Balaban J connectivity index is -0.000000168. The van der Waals surface area contributed by atoms with Gasteiger partial charge in [0.25, 0.3) is 0 Å². The predicted octanol–water partition coefficient (Wildman–Crippen LogP) is -3.97. The van der Waals surface area contributed by atoms with Crippen molar-refractivity contribution in [3.05, 3.63) is 0 Å². The smallest absolute Gasteiger partial charge is 0.335 e. The fourth-order valence-electron chi connectivity index (χ4n) is 1.30. The molecule has 0 aromatic rings. The van der Waals surface area contributed by atoms with Crippen molar-refractivity contribution in [1.82, 2.24) is 0 Å². The summed E-state index contributed by atoms with van der Waals surface area (Å²) < 4.78 is 0. The largest absolute Gasteiger partial charge is 0.480 e. The number of rotatable bonds is 10. The minimum absolute atomic E-state index is 0. The summed E-state index contributed by atoms with van der Waals surface area (Å²) >= 11 is 0. The number of carboxylic acid groups (broad SMARTS) is 2. The maximum absolute atomic E-state index is 10.1. The van der Waals surface area contributed by atoms with Crippen LogP contribution in [0.5, 0.6) is 0 Å². The molecule has 0 aliphatic heterocycles. The molecule has 11 N–H and O–H groups in total. The maximum atomic E-state index is 10.1. The van der Waals surface area contributed by atoms with Crippen LogP contribution in [0.1, 0.15) is 19.3 Å². The molecule has 0 rings (SSSR count). The molecule has 1 unspecified atom stereocenters. The second kappa shape index (κ2) is 18.5. The SMILES string of the molecule is NCCCCC(N)C(=O)O.O=C(O)[C@H](O)[C@@H](O)[C@H](O)[C@H](O)CO.[Cu].[Cu]. The molecule has 0 aromatic carbocycles. The molecular weight excluding hydrogens is 443 g/mol. The third-order valence-electron chi connectivity index (χ3n) is 2.79. The van der Waals surface area contributed by atoms with Gasteiger partial charge < -0.3 is 47.2 Å². The van der Waals surface area contributed by atoms with E-state index in [0.717, 1.165) is 12.8 Å². The monoisotopic (exact) mass is 468 g/mol. The molecule has 0 spiro atoms. The van der Waals surface area contributed by atoms with E-state index in [1.807, 2.05) is 0 Å². The van der Waals surface area contributed by atoms with Crippen molar-refractivity contribution in [1.29, 1.82) is 0 Å². The summed E-state index contributed by atoms with van der Waals surface area (Å²) in [6.45, 7) is -0.239. The Morgan fingerprint density at radius 1 is 0.880 bits per heavy atom. The number of carbonyl (C=O) groups is 2. The Labute approximate surface area is 166 Å². The molecule has 0 aliphatic rings. The van der Waals surface area contributed by atoms with Gasteiger partial charge in [-0.2, -0.15) is 0 Å². The quantitative estimate of drug-likeness (QED) is 0.111. The summed E-state index contributed by atoms with van der Waals surface area (Å²) in [4.78, 5) is 20.2. The van der Waals surface area contributed by atoms with Gasteiger partial charge in [0, 0.05) is 34.1 Å². The molecule has 0 heterocycles. The van der Waals surface area contributed by atoms with Crippen LogP contribution in [0.4, 0.5) is 0 Å². The van der Waals surface area contributed by atoms with Crippen molar-refractivity contribution < 1.29 is 79.5 Å². The van der Waals surface area contributed by atoms with Crippen molar-refractivity contribution in [2.45, 2.75) is 49.7 Å². The van der Waals surface area contributed by atoms with Crippen LogP contribution in [-0.4, -0.2) is 91.3 Å². The fraction of sp³-hybridized carbons (Fsp3) is 0.833. The Morgan fingerprint density at radius 2 is 1.36 bits per heavy atom. The van der Waals surface area contributed by atoms with E-state index in [1.54, 1.807) is 0 Å². The maximum Gasteiger partial charge on any atom is 0.335 e. The first-order chi connectivity index (χ1) is 10.6. The van der Waals surface area contributed by atoms with Crippen LogP contribution < -0.4 is 11.5 Å². The number of aliphatic hydroxyl groups excluding tert-OH is 5. The number of unbranched alkanes of at least 4 members (excludes halogenated alkanes) is 1. The minimum Gasteiger partial charge on any atom is -0.480 e. The number of hydrogen-bond acceptors (Lipinski definition) is 9. The van der Waals surface area contributed by atoms with E-state index in [-0.39, 0.29) is 34.1 Å². The van der Waals surface area contributed by atoms with E-state index in [4.69, 9.17) is 47.2 Å². The average molecular weight is 469 g/mol. The van der Waals surface area contributed by atoms with Gasteiger partial charge in [-0.15, -0.1) is 0 Å². The molecule has 11 nitrogen and oxygen atoms in total. The van der Waals surface area contributed by atoms with Crippen LogP contribution in [0.2, 0.25) is 0 Å². The van der Waals surface area contributed by atoms with Gasteiger partial charge in [-0.05, 0) is 19.4 Å². The number of nitrogens with two attached hydrogens (primary N) is 2. The van der Waals surface area contributed by atoms with Crippen molar-refractivity contribution in [2.24, 2.45) is 11.5 Å². The molecule has 25 heavy (non-hydrogen) atoms. The normalized spacial score (nSPS) is 15.8. The topological polar surface area (TPSA) is 228 Å². The molecule has 0 fully saturated rings. The van der Waals surface area contributed by atoms with Crippen molar-refractivity contribution >= 4 is 11.9 Å². The molecular formula is C12H26Cu2N2O9. The molecule has 0 amide bonds. The predicted molar refractivity (Wildman–Crippen MR) is 77.3 cm³/mol. The average Bonchev–Trinajstić information content (AvgIpc) is 2.52. The van der Waals surface area contributed by atoms with E-state index >= 15 is 0 Å². The molecule has 160 valence electrons. The van der Waals surface area contributed by atoms with Crippen molar-refractivity contribution in [2.75, 3.05) is 13.2 Å². The molecule has 0 saturated carbocycles. The summed E-state index contributed by atoms with van der Waals surface area (Å²) in [5.74, 6) is -2.66. The van der Waals surface area contributed by atoms with Crippen LogP contribution in [0.25, 0.3) is 0 Å². The molecule has 5 atom stereocenters. The van der Waals surface area contributed by atoms with Crippen LogP contribution >= 0.6 is 0 Å². The first-order valence-corrected chi connectivity index (χ1v) is 6.84. The zero-order chi connectivity index (χ0) is 18.6. The van der Waals surface area contributed by atoms with Crippen molar-refractivity contribution in [3.63, 3.8) is 0 Å². The second-order valence-corrected chi connectivity index (χ2v) is 4.74. The first-order valence-electron chi connectivity index (χ1n) is 6.84. The van der Waals surface area contributed by atoms with Crippen LogP contribution in [0.3, 0.4) is 0 Å². The number of carboxylic acids is 2. The summed E-state index contributed by atoms with van der Waals surface area (Å²) in [6.07, 6.45) is -5.67. The summed E-state index contributed by atoms with van der Waals surface area (Å²) in [5.41, 5.74) is 10.4. The standard InChI is InChI=1S/C6H14N2O2.C6H12O7.2Cu/c7-4-2-1-3-5(8)6(9)10;7-1-2(8)3(9)4(10)5(11)6(12)13;;/h5H,1-4,7-8H2,(H,9,10);2-5,7-11H,1H2,(H,12,13);;/t;2-,3-,4+,5-;;/m.1../s1. The summed E-state index contributed by atoms with van der Waals surface area (Å²) in [5, 5.41) is 60.1. The van der Waals surface area contributed by atoms with E-state index in [0.29, 0.717) is 13.0 Å². The van der Waals surface area contributed by atoms with Gasteiger partial charge in [0.05, 0.1) is 6.61 Å². The number of hydrogen-bond donors (Lipinski definition) is 9. The van der Waals surface area contributed by atoms with Crippen LogP contribution in [-0.2, 0) is 43.7 Å². The van der Waals surface area contributed by atoms with E-state index in [1.165, 1.54) is 0 Å². The van der Waals surface area contributed by atoms with Gasteiger partial charge in [0.2, 0.25) is 0 Å². The molecule has 0 aromatic heterocycles. The molecule has 0 aliphatic carbocycles. The van der Waals surface area contributed by atoms with E-state index in [9.17, 15) is 9.59 Å². The van der Waals surface area contributed by atoms with E-state index in [2.05, 4.69) is 0 Å². The number of aliphatic hydroxyl groups is 5. The molecule has 2 radical (unpaired) electrons. The van der Waals surface area contributed by atoms with E-state index < -0.39 is 49.0 Å². The Kier molecular flexibility index (Phi) is 23.9. The van der Waals surface area contributed by atoms with Crippen LogP contribution in [0.15, 0.2) is 0 Å². The number of aliphatic carboxylic acids is 2. The summed E-state index contributed by atoms with van der Waals surface area (Å²) in [6, 6.07) is -0.716. The van der Waals surface area contributed by atoms with Gasteiger partial charge in [0.15, 0.2) is 6.10 Å². The third kappa shape index (κ3) is 15.7. The fourth-order valence-corrected chi connectivity index (χ4v) is 1.30. The molecule has 0 saturated heterocycles. The summed E-state index contributed by atoms with van der Waals surface area (Å²) in [7, 11) is 0. The van der Waals surface area contributed by atoms with Gasteiger partial charge in [-0.25, -0.2) is 4.79 Å². The van der Waals surface area contributed by atoms with Crippen LogP contribution in [0, 0.1) is 0 Å². The first kappa shape index (κ1) is 32.4. The zero-order valence-electron chi connectivity index (χ0n) is 13.1.